The van der Waals surface area contributed by atoms with E-state index in [1.54, 1.807) is 30.3 Å². The van der Waals surface area contributed by atoms with Gasteiger partial charge in [-0.25, -0.2) is 9.98 Å². The number of nitrogens with zero attached hydrogens (tertiary/aromatic N) is 3. The quantitative estimate of drug-likeness (QED) is 0.303. The third-order valence-electron chi connectivity index (χ3n) is 5.54. The summed E-state index contributed by atoms with van der Waals surface area (Å²) in [5, 5.41) is -0.0414. The van der Waals surface area contributed by atoms with Crippen LogP contribution in [0.3, 0.4) is 0 Å². The number of rotatable bonds is 5. The van der Waals surface area contributed by atoms with Crippen molar-refractivity contribution in [2.75, 3.05) is 7.11 Å². The van der Waals surface area contributed by atoms with Crippen molar-refractivity contribution in [2.24, 2.45) is 9.98 Å². The highest BCUT2D eigenvalue weighted by Gasteiger charge is 2.74. The first-order valence-electron chi connectivity index (χ1n) is 10.6. The molecule has 37 heavy (non-hydrogen) atoms. The predicted molar refractivity (Wildman–Crippen MR) is 129 cm³/mol. The lowest BCUT2D eigenvalue weighted by molar-refractivity contribution is -0.293. The van der Waals surface area contributed by atoms with E-state index in [4.69, 9.17) is 27.9 Å². The summed E-state index contributed by atoms with van der Waals surface area (Å²) in [4.78, 5) is 7.70. The van der Waals surface area contributed by atoms with Gasteiger partial charge in [0.2, 0.25) is 0 Å². The zero-order valence-electron chi connectivity index (χ0n) is 18.9. The molecule has 0 aromatic heterocycles. The summed E-state index contributed by atoms with van der Waals surface area (Å²) >= 11 is 12.2. The molecule has 4 nitrogen and oxygen atoms in total. The fourth-order valence-corrected chi connectivity index (χ4v) is 4.21. The van der Waals surface area contributed by atoms with Gasteiger partial charge in [0, 0.05) is 16.1 Å². The summed E-state index contributed by atoms with van der Waals surface area (Å²) in [6.45, 7) is -0.179. The van der Waals surface area contributed by atoms with Gasteiger partial charge in [0.05, 0.1) is 18.7 Å². The summed E-state index contributed by atoms with van der Waals surface area (Å²) in [5.41, 5.74) is -4.39. The third-order valence-corrected chi connectivity index (χ3v) is 6.09. The van der Waals surface area contributed by atoms with Crippen LogP contribution in [0, 0.1) is 0 Å². The monoisotopic (exact) mass is 559 g/mol. The molecule has 0 radical (unpaired) electrons. The number of hydrogen-bond acceptors (Lipinski definition) is 4. The number of amidine groups is 2. The Labute approximate surface area is 217 Å². The van der Waals surface area contributed by atoms with Gasteiger partial charge in [-0.15, -0.1) is 0 Å². The number of benzene rings is 3. The molecular weight excluding hydrogens is 543 g/mol. The second-order valence-electron chi connectivity index (χ2n) is 7.96. The Bertz CT molecular complexity index is 1330. The van der Waals surface area contributed by atoms with E-state index >= 15 is 0 Å². The normalized spacial score (nSPS) is 15.8. The number of ether oxygens (including phenoxy) is 1. The van der Waals surface area contributed by atoms with Crippen molar-refractivity contribution < 1.29 is 31.1 Å². The molecule has 4 rings (SSSR count). The fourth-order valence-electron chi connectivity index (χ4n) is 3.71. The van der Waals surface area contributed by atoms with E-state index in [-0.39, 0.29) is 27.7 Å². The van der Waals surface area contributed by atoms with Crippen LogP contribution in [0.1, 0.15) is 16.7 Å². The van der Waals surface area contributed by atoms with Gasteiger partial charge in [-0.1, -0.05) is 65.7 Å². The summed E-state index contributed by atoms with van der Waals surface area (Å²) in [6.07, 6.45) is -11.8. The van der Waals surface area contributed by atoms with Crippen LogP contribution >= 0.6 is 23.2 Å². The number of methoxy groups -OCH3 is 1. The Morgan fingerprint density at radius 3 is 1.95 bits per heavy atom. The zero-order valence-corrected chi connectivity index (χ0v) is 20.4. The van der Waals surface area contributed by atoms with Crippen molar-refractivity contribution in [1.29, 1.82) is 0 Å². The van der Waals surface area contributed by atoms with E-state index in [0.717, 1.165) is 0 Å². The molecule has 0 N–H and O–H groups in total. The van der Waals surface area contributed by atoms with Gasteiger partial charge in [-0.2, -0.15) is 26.3 Å². The Morgan fingerprint density at radius 2 is 1.41 bits per heavy atom. The minimum Gasteiger partial charge on any atom is -0.497 e. The molecule has 12 heteroatoms. The van der Waals surface area contributed by atoms with Crippen LogP contribution in [0.15, 0.2) is 82.8 Å². The lowest BCUT2D eigenvalue weighted by Crippen LogP contribution is -2.59. The Kier molecular flexibility index (Phi) is 7.18. The number of hydrogen-bond donors (Lipinski definition) is 0. The van der Waals surface area contributed by atoms with E-state index in [9.17, 15) is 26.3 Å². The molecule has 0 saturated heterocycles. The van der Waals surface area contributed by atoms with Crippen LogP contribution in [-0.4, -0.2) is 41.7 Å². The maximum Gasteiger partial charge on any atom is 0.443 e. The molecule has 0 spiro atoms. The first kappa shape index (κ1) is 26.8. The number of halogens is 8. The zero-order chi connectivity index (χ0) is 27.0. The summed E-state index contributed by atoms with van der Waals surface area (Å²) in [5.74, 6) is -0.731. The van der Waals surface area contributed by atoms with Crippen molar-refractivity contribution in [3.63, 3.8) is 0 Å². The first-order chi connectivity index (χ1) is 17.4. The van der Waals surface area contributed by atoms with Crippen LogP contribution in [0.2, 0.25) is 10.0 Å². The van der Waals surface area contributed by atoms with Gasteiger partial charge in [-0.3, -0.25) is 0 Å². The molecular formula is C25H17Cl2F6N3O. The molecule has 3 aromatic rings. The second kappa shape index (κ2) is 9.90. The number of alkyl halides is 6. The maximum absolute atomic E-state index is 14.3. The Balaban J connectivity index is 2.02. The molecule has 1 heterocycles. The molecule has 0 aliphatic carbocycles. The van der Waals surface area contributed by atoms with E-state index in [2.05, 4.69) is 9.98 Å². The van der Waals surface area contributed by atoms with Crippen molar-refractivity contribution in [2.45, 2.75) is 24.6 Å². The maximum atomic E-state index is 14.3. The van der Waals surface area contributed by atoms with Gasteiger partial charge in [0.1, 0.15) is 17.4 Å². The summed E-state index contributed by atoms with van der Waals surface area (Å²) < 4.78 is 90.6. The van der Waals surface area contributed by atoms with Gasteiger partial charge < -0.3 is 9.64 Å². The molecule has 1 aliphatic rings. The highest BCUT2D eigenvalue weighted by molar-refractivity contribution is 6.37. The van der Waals surface area contributed by atoms with Crippen LogP contribution in [0.25, 0.3) is 0 Å². The van der Waals surface area contributed by atoms with E-state index in [0.29, 0.717) is 11.3 Å². The largest absolute Gasteiger partial charge is 0.497 e. The van der Waals surface area contributed by atoms with Crippen LogP contribution in [0.4, 0.5) is 26.3 Å². The summed E-state index contributed by atoms with van der Waals surface area (Å²) in [7, 11) is 1.46. The molecule has 0 bridgehead atoms. The molecule has 1 aliphatic heterocycles. The molecule has 0 saturated carbocycles. The van der Waals surface area contributed by atoms with Crippen LogP contribution < -0.4 is 4.74 Å². The third kappa shape index (κ3) is 5.13. The van der Waals surface area contributed by atoms with Crippen molar-refractivity contribution in [3.8, 4) is 5.75 Å². The topological polar surface area (TPSA) is 37.2 Å². The Hall–Kier alpha value is -3.24. The predicted octanol–water partition coefficient (Wildman–Crippen LogP) is 7.53. The van der Waals surface area contributed by atoms with E-state index in [1.807, 2.05) is 0 Å². The van der Waals surface area contributed by atoms with Gasteiger partial charge in [0.15, 0.2) is 0 Å². The molecule has 0 fully saturated rings. The van der Waals surface area contributed by atoms with Gasteiger partial charge in [-0.05, 0) is 35.9 Å². The number of aliphatic imine (C=N–C) groups is 2. The summed E-state index contributed by atoms with van der Waals surface area (Å²) in [6, 6.07) is 17.5. The van der Waals surface area contributed by atoms with Gasteiger partial charge in [0.25, 0.3) is 0 Å². The van der Waals surface area contributed by atoms with Crippen molar-refractivity contribution in [3.05, 3.63) is 99.5 Å². The van der Waals surface area contributed by atoms with Crippen molar-refractivity contribution in [1.82, 2.24) is 4.90 Å². The lowest BCUT2D eigenvalue weighted by Gasteiger charge is -2.40. The van der Waals surface area contributed by atoms with Gasteiger partial charge >= 0.3 is 18.0 Å². The van der Waals surface area contributed by atoms with E-state index < -0.39 is 29.7 Å². The average molecular weight is 560 g/mol. The molecule has 0 unspecified atom stereocenters. The second-order valence-corrected chi connectivity index (χ2v) is 8.81. The van der Waals surface area contributed by atoms with Crippen molar-refractivity contribution >= 4 is 34.9 Å². The van der Waals surface area contributed by atoms with Crippen LogP contribution in [0.5, 0.6) is 5.75 Å². The smallest absolute Gasteiger partial charge is 0.443 e. The van der Waals surface area contributed by atoms with Crippen LogP contribution in [-0.2, 0) is 6.54 Å². The highest BCUT2D eigenvalue weighted by atomic mass is 35.5. The average Bonchev–Trinajstić information content (AvgIpc) is 2.84. The minimum atomic E-state index is -5.92. The minimum absolute atomic E-state index is 0.0198. The standard InChI is InChI=1S/C25H17Cl2F6N3O/c1-37-18-10-7-15(8-11-18)14-36-21(16-5-3-2-4-6-16)34-23(24(28,29)30,25(31,32)33)35-22(36)19-12-9-17(26)13-20(19)27/h2-13H,14H2,1H3. The Morgan fingerprint density at radius 1 is 0.811 bits per heavy atom. The molecule has 0 amide bonds. The van der Waals surface area contributed by atoms with E-state index in [1.165, 1.54) is 54.5 Å². The molecule has 194 valence electrons. The SMILES string of the molecule is COc1ccc(CN2C(c3ccccc3)=NC(C(F)(F)F)(C(F)(F)F)N=C2c2ccc(Cl)cc2Cl)cc1. The highest BCUT2D eigenvalue weighted by Crippen LogP contribution is 2.49. The molecule has 0 atom stereocenters. The lowest BCUT2D eigenvalue weighted by atomic mass is 10.0. The molecule has 3 aromatic carbocycles. The first-order valence-corrected chi connectivity index (χ1v) is 11.4. The fraction of sp³-hybridized carbons (Fsp3) is 0.200.